The van der Waals surface area contributed by atoms with Crippen LogP contribution in [-0.2, 0) is 6.54 Å². The van der Waals surface area contributed by atoms with Gasteiger partial charge in [0.25, 0.3) is 5.91 Å². The highest BCUT2D eigenvalue weighted by molar-refractivity contribution is 7.10. The molecule has 2 fully saturated rings. The van der Waals surface area contributed by atoms with E-state index in [1.54, 1.807) is 11.3 Å². The molecule has 2 aromatic heterocycles. The summed E-state index contributed by atoms with van der Waals surface area (Å²) in [4.78, 5) is 19.6. The molecule has 0 radical (unpaired) electrons. The number of piperidine rings is 1. The van der Waals surface area contributed by atoms with Gasteiger partial charge < -0.3 is 4.90 Å². The number of carbonyl (C=O) groups is 1. The molecule has 2 aromatic rings. The summed E-state index contributed by atoms with van der Waals surface area (Å²) >= 11 is 1.65. The van der Waals surface area contributed by atoms with Crippen LogP contribution in [0, 0.1) is 13.8 Å². The summed E-state index contributed by atoms with van der Waals surface area (Å²) < 4.78 is 2.04. The molecule has 0 unspecified atom stereocenters. The molecule has 1 saturated heterocycles. The van der Waals surface area contributed by atoms with Gasteiger partial charge in [0.05, 0.1) is 23.3 Å². The van der Waals surface area contributed by atoms with Crippen LogP contribution in [0.1, 0.15) is 64.9 Å². The summed E-state index contributed by atoms with van der Waals surface area (Å²) in [6, 6.07) is 2.31. The highest BCUT2D eigenvalue weighted by Crippen LogP contribution is 2.41. The van der Waals surface area contributed by atoms with E-state index in [1.807, 2.05) is 21.9 Å². The van der Waals surface area contributed by atoms with E-state index >= 15 is 0 Å². The van der Waals surface area contributed by atoms with E-state index in [0.717, 1.165) is 42.3 Å². The number of aryl methyl sites for hydroxylation is 2. The van der Waals surface area contributed by atoms with Crippen molar-refractivity contribution in [1.29, 1.82) is 0 Å². The van der Waals surface area contributed by atoms with Crippen molar-refractivity contribution in [2.75, 3.05) is 6.54 Å². The highest BCUT2D eigenvalue weighted by atomic mass is 32.1. The SMILES string of the molecule is Cc1cc(C)n(C[C@H]2CCCCN2C(=O)c2csc(C3CC3)n2)n1. The van der Waals surface area contributed by atoms with Crippen LogP contribution in [0.5, 0.6) is 0 Å². The molecule has 6 heteroatoms. The van der Waals surface area contributed by atoms with Crippen LogP contribution < -0.4 is 0 Å². The lowest BCUT2D eigenvalue weighted by molar-refractivity contribution is 0.0577. The number of hydrogen-bond acceptors (Lipinski definition) is 4. The fourth-order valence-corrected chi connectivity index (χ4v) is 4.53. The first-order chi connectivity index (χ1) is 11.6. The van der Waals surface area contributed by atoms with Gasteiger partial charge in [-0.1, -0.05) is 0 Å². The van der Waals surface area contributed by atoms with Gasteiger partial charge in [0.2, 0.25) is 0 Å². The van der Waals surface area contributed by atoms with Crippen molar-refractivity contribution in [3.05, 3.63) is 33.5 Å². The lowest BCUT2D eigenvalue weighted by Crippen LogP contribution is -2.46. The van der Waals surface area contributed by atoms with Crippen molar-refractivity contribution in [2.24, 2.45) is 0 Å². The van der Waals surface area contributed by atoms with Gasteiger partial charge in [0.15, 0.2) is 0 Å². The first kappa shape index (κ1) is 15.8. The zero-order valence-electron chi connectivity index (χ0n) is 14.4. The monoisotopic (exact) mass is 344 g/mol. The predicted octanol–water partition coefficient (Wildman–Crippen LogP) is 3.53. The third-order valence-corrected chi connectivity index (χ3v) is 6.05. The predicted molar refractivity (Wildman–Crippen MR) is 94.5 cm³/mol. The highest BCUT2D eigenvalue weighted by Gasteiger charge is 2.32. The molecule has 1 aliphatic carbocycles. The Morgan fingerprint density at radius 1 is 1.29 bits per heavy atom. The van der Waals surface area contributed by atoms with Crippen molar-refractivity contribution >= 4 is 17.2 Å². The van der Waals surface area contributed by atoms with Crippen molar-refractivity contribution in [3.8, 4) is 0 Å². The van der Waals surface area contributed by atoms with E-state index in [2.05, 4.69) is 23.1 Å². The Morgan fingerprint density at radius 2 is 2.12 bits per heavy atom. The Kier molecular flexibility index (Phi) is 4.16. The molecule has 0 spiro atoms. The first-order valence-corrected chi connectivity index (χ1v) is 9.77. The molecule has 0 N–H and O–H groups in total. The molecule has 1 aliphatic heterocycles. The average molecular weight is 344 g/mol. The normalized spacial score (nSPS) is 21.2. The molecule has 5 nitrogen and oxygen atoms in total. The summed E-state index contributed by atoms with van der Waals surface area (Å²) in [5, 5.41) is 7.66. The minimum atomic E-state index is 0.101. The lowest BCUT2D eigenvalue weighted by atomic mass is 10.0. The Balaban J connectivity index is 1.52. The number of likely N-dealkylation sites (tertiary alicyclic amines) is 1. The summed E-state index contributed by atoms with van der Waals surface area (Å²) in [7, 11) is 0. The molecule has 2 aliphatic rings. The second-order valence-electron chi connectivity index (χ2n) is 7.10. The van der Waals surface area contributed by atoms with Crippen LogP contribution in [0.3, 0.4) is 0 Å². The van der Waals surface area contributed by atoms with Gasteiger partial charge in [0.1, 0.15) is 5.69 Å². The number of hydrogen-bond donors (Lipinski definition) is 0. The molecule has 24 heavy (non-hydrogen) atoms. The maximum absolute atomic E-state index is 13.0. The number of carbonyl (C=O) groups excluding carboxylic acids is 1. The second-order valence-corrected chi connectivity index (χ2v) is 7.99. The summed E-state index contributed by atoms with van der Waals surface area (Å²) in [6.07, 6.45) is 5.76. The van der Waals surface area contributed by atoms with E-state index in [1.165, 1.54) is 19.3 Å². The number of nitrogens with zero attached hydrogens (tertiary/aromatic N) is 4. The Hall–Kier alpha value is -1.69. The zero-order chi connectivity index (χ0) is 16.7. The first-order valence-electron chi connectivity index (χ1n) is 8.89. The van der Waals surface area contributed by atoms with E-state index in [0.29, 0.717) is 11.6 Å². The summed E-state index contributed by atoms with van der Waals surface area (Å²) in [5.41, 5.74) is 2.84. The summed E-state index contributed by atoms with van der Waals surface area (Å²) in [6.45, 7) is 5.71. The van der Waals surface area contributed by atoms with Gasteiger partial charge >= 0.3 is 0 Å². The minimum absolute atomic E-state index is 0.101. The standard InChI is InChI=1S/C18H24N4OS/c1-12-9-13(2)22(20-12)10-15-5-3-4-8-21(15)18(23)16-11-24-17(19-16)14-6-7-14/h9,11,14-15H,3-8,10H2,1-2H3/t15-/m1/s1. The van der Waals surface area contributed by atoms with Crippen LogP contribution in [0.2, 0.25) is 0 Å². The number of aromatic nitrogens is 3. The van der Waals surface area contributed by atoms with E-state index in [4.69, 9.17) is 0 Å². The number of thiazole rings is 1. The van der Waals surface area contributed by atoms with Crippen LogP contribution in [0.25, 0.3) is 0 Å². The maximum Gasteiger partial charge on any atom is 0.273 e. The quantitative estimate of drug-likeness (QED) is 0.852. The van der Waals surface area contributed by atoms with Crippen LogP contribution in [0.15, 0.2) is 11.4 Å². The van der Waals surface area contributed by atoms with Crippen LogP contribution in [0.4, 0.5) is 0 Å². The molecule has 0 bridgehead atoms. The fraction of sp³-hybridized carbons (Fsp3) is 0.611. The minimum Gasteiger partial charge on any atom is -0.332 e. The van der Waals surface area contributed by atoms with Gasteiger partial charge in [0, 0.05) is 23.5 Å². The van der Waals surface area contributed by atoms with Crippen LogP contribution in [-0.4, -0.2) is 38.2 Å². The molecule has 1 atom stereocenters. The number of amides is 1. The van der Waals surface area contributed by atoms with E-state index < -0.39 is 0 Å². The van der Waals surface area contributed by atoms with Gasteiger partial charge in [-0.05, 0) is 52.0 Å². The van der Waals surface area contributed by atoms with E-state index in [-0.39, 0.29) is 11.9 Å². The van der Waals surface area contributed by atoms with Crippen molar-refractivity contribution in [1.82, 2.24) is 19.7 Å². The fourth-order valence-electron chi connectivity index (χ4n) is 3.57. The van der Waals surface area contributed by atoms with Gasteiger partial charge in [-0.15, -0.1) is 11.3 Å². The van der Waals surface area contributed by atoms with Crippen molar-refractivity contribution < 1.29 is 4.79 Å². The maximum atomic E-state index is 13.0. The molecular formula is C18H24N4OS. The van der Waals surface area contributed by atoms with Crippen molar-refractivity contribution in [2.45, 2.75) is 64.5 Å². The topological polar surface area (TPSA) is 51.0 Å². The Bertz CT molecular complexity index is 746. The average Bonchev–Trinajstić information content (AvgIpc) is 3.22. The van der Waals surface area contributed by atoms with Crippen LogP contribution >= 0.6 is 11.3 Å². The molecule has 4 rings (SSSR count). The Labute approximate surface area is 146 Å². The second kappa shape index (κ2) is 6.31. The van der Waals surface area contributed by atoms with Gasteiger partial charge in [-0.3, -0.25) is 9.48 Å². The molecule has 1 saturated carbocycles. The molecule has 0 aromatic carbocycles. The van der Waals surface area contributed by atoms with E-state index in [9.17, 15) is 4.79 Å². The van der Waals surface area contributed by atoms with Crippen molar-refractivity contribution in [3.63, 3.8) is 0 Å². The Morgan fingerprint density at radius 3 is 2.83 bits per heavy atom. The largest absolute Gasteiger partial charge is 0.332 e. The molecule has 3 heterocycles. The third kappa shape index (κ3) is 3.11. The number of rotatable bonds is 4. The molecule has 128 valence electrons. The summed E-state index contributed by atoms with van der Waals surface area (Å²) in [5.74, 6) is 0.716. The zero-order valence-corrected chi connectivity index (χ0v) is 15.2. The smallest absolute Gasteiger partial charge is 0.273 e. The third-order valence-electron chi connectivity index (χ3n) is 5.04. The molecular weight excluding hydrogens is 320 g/mol. The molecule has 1 amide bonds. The van der Waals surface area contributed by atoms with Gasteiger partial charge in [-0.25, -0.2) is 4.98 Å². The lowest BCUT2D eigenvalue weighted by Gasteiger charge is -2.35. The van der Waals surface area contributed by atoms with Gasteiger partial charge in [-0.2, -0.15) is 5.10 Å².